The van der Waals surface area contributed by atoms with Gasteiger partial charge >= 0.3 is 0 Å². The number of aryl methyl sites for hydroxylation is 2. The molecule has 1 aromatic carbocycles. The van der Waals surface area contributed by atoms with E-state index in [2.05, 4.69) is 58.0 Å². The fourth-order valence-electron chi connectivity index (χ4n) is 3.97. The van der Waals surface area contributed by atoms with Crippen LogP contribution in [0.2, 0.25) is 0 Å². The second-order valence-electron chi connectivity index (χ2n) is 8.08. The molecule has 1 heterocycles. The summed E-state index contributed by atoms with van der Waals surface area (Å²) in [6, 6.07) is 9.19. The summed E-state index contributed by atoms with van der Waals surface area (Å²) >= 11 is 5.64. The van der Waals surface area contributed by atoms with Crippen LogP contribution < -0.4 is 20.9 Å². The number of nitrogens with one attached hydrogen (secondary N) is 3. The standard InChI is InChI=1S/C23H34N6S/c1-5-16-8-7-9-17(6-2)21(16)28-23(30)26-19-12-10-18(11-13-19)25-22-24-15-14-20(27-22)29(3)4/h7-9,14-15,18-19H,5-6,10-13H2,1-4H3,(H,24,25,27)(H2,26,28,30). The van der Waals surface area contributed by atoms with Crippen molar-refractivity contribution in [1.82, 2.24) is 15.3 Å². The van der Waals surface area contributed by atoms with E-state index in [0.29, 0.717) is 18.0 Å². The average molecular weight is 427 g/mol. The summed E-state index contributed by atoms with van der Waals surface area (Å²) in [4.78, 5) is 10.9. The minimum Gasteiger partial charge on any atom is -0.363 e. The van der Waals surface area contributed by atoms with Gasteiger partial charge in [0.1, 0.15) is 5.82 Å². The molecule has 0 unspecified atom stereocenters. The average Bonchev–Trinajstić information content (AvgIpc) is 2.75. The summed E-state index contributed by atoms with van der Waals surface area (Å²) in [5, 5.41) is 11.2. The van der Waals surface area contributed by atoms with Gasteiger partial charge in [0.25, 0.3) is 0 Å². The van der Waals surface area contributed by atoms with Crippen molar-refractivity contribution in [3.8, 4) is 0 Å². The molecule has 0 bridgehead atoms. The fraction of sp³-hybridized carbons (Fsp3) is 0.522. The van der Waals surface area contributed by atoms with Crippen LogP contribution in [0.15, 0.2) is 30.5 Å². The fourth-order valence-corrected chi connectivity index (χ4v) is 4.24. The van der Waals surface area contributed by atoms with Crippen molar-refractivity contribution in [3.63, 3.8) is 0 Å². The Morgan fingerprint density at radius 2 is 1.67 bits per heavy atom. The third-order valence-electron chi connectivity index (χ3n) is 5.73. The molecule has 1 saturated carbocycles. The van der Waals surface area contributed by atoms with E-state index in [4.69, 9.17) is 12.2 Å². The van der Waals surface area contributed by atoms with E-state index in [0.717, 1.165) is 49.5 Å². The molecule has 0 aliphatic heterocycles. The van der Waals surface area contributed by atoms with Gasteiger partial charge in [-0.15, -0.1) is 0 Å². The van der Waals surface area contributed by atoms with Crippen LogP contribution >= 0.6 is 12.2 Å². The van der Waals surface area contributed by atoms with Crippen molar-refractivity contribution in [2.24, 2.45) is 0 Å². The first-order chi connectivity index (χ1) is 14.5. The Balaban J connectivity index is 1.50. The van der Waals surface area contributed by atoms with Crippen molar-refractivity contribution in [2.75, 3.05) is 29.6 Å². The number of nitrogens with zero attached hydrogens (tertiary/aromatic N) is 3. The Kier molecular flexibility index (Phi) is 7.85. The molecule has 1 aliphatic rings. The highest BCUT2D eigenvalue weighted by Crippen LogP contribution is 2.24. The second-order valence-corrected chi connectivity index (χ2v) is 8.49. The summed E-state index contributed by atoms with van der Waals surface area (Å²) in [7, 11) is 3.98. The molecule has 0 amide bonds. The molecule has 30 heavy (non-hydrogen) atoms. The predicted molar refractivity (Wildman–Crippen MR) is 131 cm³/mol. The monoisotopic (exact) mass is 426 g/mol. The first-order valence-electron chi connectivity index (χ1n) is 10.9. The molecule has 0 atom stereocenters. The maximum absolute atomic E-state index is 5.64. The van der Waals surface area contributed by atoms with E-state index >= 15 is 0 Å². The molecule has 1 aromatic heterocycles. The number of para-hydroxylation sites is 1. The van der Waals surface area contributed by atoms with Crippen LogP contribution in [0, 0.1) is 0 Å². The maximum atomic E-state index is 5.64. The van der Waals surface area contributed by atoms with Gasteiger partial charge in [-0.25, -0.2) is 4.98 Å². The van der Waals surface area contributed by atoms with Gasteiger partial charge in [-0.3, -0.25) is 0 Å². The quantitative estimate of drug-likeness (QED) is 0.568. The zero-order valence-electron chi connectivity index (χ0n) is 18.5. The molecular formula is C23H34N6S. The lowest BCUT2D eigenvalue weighted by atomic mass is 9.91. The van der Waals surface area contributed by atoms with Gasteiger partial charge in [0.15, 0.2) is 5.11 Å². The molecule has 2 aromatic rings. The topological polar surface area (TPSA) is 65.1 Å². The minimum atomic E-state index is 0.398. The summed E-state index contributed by atoms with van der Waals surface area (Å²) in [5.74, 6) is 1.62. The third-order valence-corrected chi connectivity index (χ3v) is 5.95. The van der Waals surface area contributed by atoms with E-state index in [1.165, 1.54) is 16.8 Å². The SMILES string of the molecule is CCc1cccc(CC)c1NC(=S)NC1CCC(Nc2nccc(N(C)C)n2)CC1. The molecule has 7 heteroatoms. The number of hydrogen-bond donors (Lipinski definition) is 3. The Morgan fingerprint density at radius 1 is 1.03 bits per heavy atom. The molecule has 1 fully saturated rings. The van der Waals surface area contributed by atoms with Gasteiger partial charge in [-0.2, -0.15) is 4.98 Å². The highest BCUT2D eigenvalue weighted by atomic mass is 32.1. The van der Waals surface area contributed by atoms with Crippen molar-refractivity contribution >= 4 is 34.8 Å². The molecule has 6 nitrogen and oxygen atoms in total. The zero-order valence-corrected chi connectivity index (χ0v) is 19.4. The summed E-state index contributed by atoms with van der Waals surface area (Å²) < 4.78 is 0. The first-order valence-corrected chi connectivity index (χ1v) is 11.4. The normalized spacial score (nSPS) is 18.5. The Labute approximate surface area is 185 Å². The van der Waals surface area contributed by atoms with Gasteiger partial charge in [0.2, 0.25) is 5.95 Å². The lowest BCUT2D eigenvalue weighted by Crippen LogP contribution is -2.42. The Morgan fingerprint density at radius 3 is 2.27 bits per heavy atom. The van der Waals surface area contributed by atoms with Crippen molar-refractivity contribution in [3.05, 3.63) is 41.6 Å². The van der Waals surface area contributed by atoms with Gasteiger partial charge in [0, 0.05) is 38.1 Å². The van der Waals surface area contributed by atoms with E-state index in [1.54, 1.807) is 6.20 Å². The molecular weight excluding hydrogens is 392 g/mol. The number of thiocarbonyl (C=S) groups is 1. The molecule has 162 valence electrons. The van der Waals surface area contributed by atoms with Gasteiger partial charge in [-0.1, -0.05) is 32.0 Å². The molecule has 0 spiro atoms. The van der Waals surface area contributed by atoms with Crippen molar-refractivity contribution in [2.45, 2.75) is 64.5 Å². The third kappa shape index (κ3) is 5.81. The van der Waals surface area contributed by atoms with Crippen molar-refractivity contribution in [1.29, 1.82) is 0 Å². The van der Waals surface area contributed by atoms with Crippen molar-refractivity contribution < 1.29 is 0 Å². The smallest absolute Gasteiger partial charge is 0.224 e. The van der Waals surface area contributed by atoms with Crippen LogP contribution in [0.3, 0.4) is 0 Å². The number of benzene rings is 1. The Hall–Kier alpha value is -2.41. The molecule has 3 rings (SSSR count). The van der Waals surface area contributed by atoms with Gasteiger partial charge < -0.3 is 20.9 Å². The molecule has 0 radical (unpaired) electrons. The summed E-state index contributed by atoms with van der Waals surface area (Å²) in [6.07, 6.45) is 8.08. The number of rotatable bonds is 7. The van der Waals surface area contributed by atoms with E-state index < -0.39 is 0 Å². The number of aromatic nitrogens is 2. The lowest BCUT2D eigenvalue weighted by molar-refractivity contribution is 0.387. The predicted octanol–water partition coefficient (Wildman–Crippen LogP) is 4.38. The van der Waals surface area contributed by atoms with Crippen LogP contribution in [-0.2, 0) is 12.8 Å². The van der Waals surface area contributed by atoms with Crippen LogP contribution in [0.25, 0.3) is 0 Å². The highest BCUT2D eigenvalue weighted by Gasteiger charge is 2.22. The van der Waals surface area contributed by atoms with E-state index in [-0.39, 0.29) is 0 Å². The van der Waals surface area contributed by atoms with Gasteiger partial charge in [-0.05, 0) is 67.9 Å². The Bertz CT molecular complexity index is 823. The van der Waals surface area contributed by atoms with Crippen LogP contribution in [0.5, 0.6) is 0 Å². The van der Waals surface area contributed by atoms with Crippen LogP contribution in [0.1, 0.15) is 50.7 Å². The molecule has 0 saturated heterocycles. The minimum absolute atomic E-state index is 0.398. The van der Waals surface area contributed by atoms with E-state index in [9.17, 15) is 0 Å². The molecule has 3 N–H and O–H groups in total. The molecule has 1 aliphatic carbocycles. The van der Waals surface area contributed by atoms with Crippen LogP contribution in [-0.4, -0.2) is 41.3 Å². The van der Waals surface area contributed by atoms with Gasteiger partial charge in [0.05, 0.1) is 0 Å². The van der Waals surface area contributed by atoms with E-state index in [1.807, 2.05) is 25.1 Å². The summed E-state index contributed by atoms with van der Waals surface area (Å²) in [6.45, 7) is 4.37. The largest absolute Gasteiger partial charge is 0.363 e. The number of anilines is 3. The lowest BCUT2D eigenvalue weighted by Gasteiger charge is -2.31. The first kappa shape index (κ1) is 22.3. The zero-order chi connectivity index (χ0) is 21.5. The van der Waals surface area contributed by atoms with Crippen LogP contribution in [0.4, 0.5) is 17.5 Å². The second kappa shape index (κ2) is 10.6. The maximum Gasteiger partial charge on any atom is 0.224 e. The highest BCUT2D eigenvalue weighted by molar-refractivity contribution is 7.80. The summed E-state index contributed by atoms with van der Waals surface area (Å²) in [5.41, 5.74) is 3.80. The number of hydrogen-bond acceptors (Lipinski definition) is 5.